The summed E-state index contributed by atoms with van der Waals surface area (Å²) in [5.74, 6) is 3.53. The Morgan fingerprint density at radius 3 is 2.53 bits per heavy atom. The van der Waals surface area contributed by atoms with Crippen LogP contribution >= 0.6 is 0 Å². The number of aromatic nitrogens is 6. The normalized spacial score (nSPS) is 16.9. The van der Waals surface area contributed by atoms with Crippen LogP contribution in [-0.4, -0.2) is 81.3 Å². The number of anilines is 2. The fraction of sp³-hybridized carbons (Fsp3) is 0.591. The first-order chi connectivity index (χ1) is 15.6. The zero-order valence-corrected chi connectivity index (χ0v) is 18.9. The lowest BCUT2D eigenvalue weighted by Gasteiger charge is -2.28. The number of hydrogen-bond acceptors (Lipinski definition) is 9. The molecule has 1 saturated carbocycles. The van der Waals surface area contributed by atoms with Gasteiger partial charge in [-0.15, -0.1) is 0 Å². The maximum absolute atomic E-state index is 5.70. The van der Waals surface area contributed by atoms with Crippen LogP contribution in [0.5, 0.6) is 0 Å². The van der Waals surface area contributed by atoms with E-state index < -0.39 is 0 Å². The molecular weight excluding hydrogens is 406 g/mol. The maximum Gasteiger partial charge on any atom is 0.219 e. The molecule has 1 aliphatic heterocycles. The van der Waals surface area contributed by atoms with Gasteiger partial charge in [-0.05, 0) is 45.8 Å². The molecule has 5 rings (SSSR count). The van der Waals surface area contributed by atoms with Crippen molar-refractivity contribution in [2.75, 3.05) is 57.6 Å². The molecule has 170 valence electrons. The third-order valence-corrected chi connectivity index (χ3v) is 6.04. The second kappa shape index (κ2) is 8.95. The number of ether oxygens (including phenoxy) is 1. The Morgan fingerprint density at radius 2 is 1.84 bits per heavy atom. The third-order valence-electron chi connectivity index (χ3n) is 6.04. The lowest BCUT2D eigenvalue weighted by Crippen LogP contribution is -2.37. The van der Waals surface area contributed by atoms with Crippen molar-refractivity contribution in [3.05, 3.63) is 18.2 Å². The Labute approximate surface area is 187 Å². The molecule has 2 fully saturated rings. The SMILES string of the molecule is CN(C)CCCc1nc2c(N3CCOCC3)nc(-c3cnc(N)nc3)nc2n1CC1CC1. The number of nitrogens with zero attached hydrogens (tertiary/aromatic N) is 8. The third kappa shape index (κ3) is 4.51. The van der Waals surface area contributed by atoms with Gasteiger partial charge in [0.15, 0.2) is 22.8 Å². The highest BCUT2D eigenvalue weighted by Crippen LogP contribution is 2.34. The average Bonchev–Trinajstić information content (AvgIpc) is 3.55. The van der Waals surface area contributed by atoms with E-state index in [4.69, 9.17) is 25.4 Å². The lowest BCUT2D eigenvalue weighted by molar-refractivity contribution is 0.122. The van der Waals surface area contributed by atoms with Gasteiger partial charge in [0.1, 0.15) is 5.82 Å². The Hall–Kier alpha value is -2.85. The van der Waals surface area contributed by atoms with E-state index in [-0.39, 0.29) is 5.95 Å². The van der Waals surface area contributed by atoms with Crippen LogP contribution in [0, 0.1) is 5.92 Å². The van der Waals surface area contributed by atoms with Crippen LogP contribution in [0.1, 0.15) is 25.1 Å². The molecule has 0 spiro atoms. The first-order valence-electron chi connectivity index (χ1n) is 11.4. The summed E-state index contributed by atoms with van der Waals surface area (Å²) in [4.78, 5) is 27.8. The predicted octanol–water partition coefficient (Wildman–Crippen LogP) is 1.61. The molecule has 0 atom stereocenters. The van der Waals surface area contributed by atoms with Gasteiger partial charge in [0.25, 0.3) is 0 Å². The smallest absolute Gasteiger partial charge is 0.219 e. The van der Waals surface area contributed by atoms with E-state index in [2.05, 4.69) is 38.4 Å². The van der Waals surface area contributed by atoms with Gasteiger partial charge in [-0.25, -0.2) is 24.9 Å². The summed E-state index contributed by atoms with van der Waals surface area (Å²) in [5, 5.41) is 0. The van der Waals surface area contributed by atoms with Crippen LogP contribution in [0.25, 0.3) is 22.6 Å². The lowest BCUT2D eigenvalue weighted by atomic mass is 10.3. The summed E-state index contributed by atoms with van der Waals surface area (Å²) in [6.45, 7) is 4.94. The minimum Gasteiger partial charge on any atom is -0.378 e. The van der Waals surface area contributed by atoms with Crippen molar-refractivity contribution >= 4 is 22.9 Å². The van der Waals surface area contributed by atoms with Gasteiger partial charge < -0.3 is 24.8 Å². The molecule has 4 heterocycles. The molecular formula is C22H31N9O. The molecule has 10 heteroatoms. The average molecular weight is 438 g/mol. The van der Waals surface area contributed by atoms with E-state index in [1.165, 1.54) is 12.8 Å². The van der Waals surface area contributed by atoms with Gasteiger partial charge in [-0.3, -0.25) is 0 Å². The van der Waals surface area contributed by atoms with Gasteiger partial charge in [-0.1, -0.05) is 0 Å². The van der Waals surface area contributed by atoms with E-state index in [1.807, 2.05) is 0 Å². The van der Waals surface area contributed by atoms with E-state index in [1.54, 1.807) is 12.4 Å². The zero-order chi connectivity index (χ0) is 22.1. The zero-order valence-electron chi connectivity index (χ0n) is 18.9. The van der Waals surface area contributed by atoms with Gasteiger partial charge in [0, 0.05) is 38.4 Å². The highest BCUT2D eigenvalue weighted by molar-refractivity contribution is 5.86. The summed E-state index contributed by atoms with van der Waals surface area (Å²) in [7, 11) is 4.21. The summed E-state index contributed by atoms with van der Waals surface area (Å²) >= 11 is 0. The first kappa shape index (κ1) is 21.0. The van der Waals surface area contributed by atoms with Crippen LogP contribution < -0.4 is 10.6 Å². The van der Waals surface area contributed by atoms with E-state index >= 15 is 0 Å². The Balaban J connectivity index is 1.62. The number of imidazole rings is 1. The van der Waals surface area contributed by atoms with Crippen LogP contribution in [0.3, 0.4) is 0 Å². The number of aryl methyl sites for hydroxylation is 1. The molecule has 10 nitrogen and oxygen atoms in total. The number of hydrogen-bond donors (Lipinski definition) is 1. The highest BCUT2D eigenvalue weighted by Gasteiger charge is 2.28. The molecule has 32 heavy (non-hydrogen) atoms. The minimum atomic E-state index is 0.241. The number of nitrogens with two attached hydrogens (primary N) is 1. The van der Waals surface area contributed by atoms with Crippen molar-refractivity contribution in [3.8, 4) is 11.4 Å². The topological polar surface area (TPSA) is 111 Å². The predicted molar refractivity (Wildman–Crippen MR) is 123 cm³/mol. The molecule has 0 bridgehead atoms. The summed E-state index contributed by atoms with van der Waals surface area (Å²) in [5.41, 5.74) is 8.23. The Bertz CT molecular complexity index is 1070. The van der Waals surface area contributed by atoms with Crippen molar-refractivity contribution in [2.24, 2.45) is 5.92 Å². The van der Waals surface area contributed by atoms with Gasteiger partial charge in [-0.2, -0.15) is 0 Å². The van der Waals surface area contributed by atoms with E-state index in [0.29, 0.717) is 25.0 Å². The fourth-order valence-electron chi connectivity index (χ4n) is 4.10. The Kier molecular flexibility index (Phi) is 5.88. The van der Waals surface area contributed by atoms with E-state index in [0.717, 1.165) is 67.4 Å². The first-order valence-corrected chi connectivity index (χ1v) is 11.4. The van der Waals surface area contributed by atoms with Crippen molar-refractivity contribution in [3.63, 3.8) is 0 Å². The minimum absolute atomic E-state index is 0.241. The van der Waals surface area contributed by atoms with E-state index in [9.17, 15) is 0 Å². The number of rotatable bonds is 8. The molecule has 0 unspecified atom stereocenters. The summed E-state index contributed by atoms with van der Waals surface area (Å²) < 4.78 is 7.91. The van der Waals surface area contributed by atoms with Crippen molar-refractivity contribution in [1.82, 2.24) is 34.4 Å². The number of nitrogen functional groups attached to an aromatic ring is 1. The number of morpholine rings is 1. The van der Waals surface area contributed by atoms with Crippen LogP contribution in [-0.2, 0) is 17.7 Å². The molecule has 1 saturated heterocycles. The molecule has 3 aromatic heterocycles. The molecule has 0 radical (unpaired) electrons. The second-order valence-electron chi connectivity index (χ2n) is 8.96. The van der Waals surface area contributed by atoms with Crippen LogP contribution in [0.15, 0.2) is 12.4 Å². The Morgan fingerprint density at radius 1 is 1.09 bits per heavy atom. The second-order valence-corrected chi connectivity index (χ2v) is 8.96. The van der Waals surface area contributed by atoms with Crippen molar-refractivity contribution in [1.29, 1.82) is 0 Å². The summed E-state index contributed by atoms with van der Waals surface area (Å²) in [6, 6.07) is 0. The van der Waals surface area contributed by atoms with Crippen LogP contribution in [0.2, 0.25) is 0 Å². The molecule has 2 aliphatic rings. The molecule has 3 aromatic rings. The van der Waals surface area contributed by atoms with Gasteiger partial charge in [0.2, 0.25) is 5.95 Å². The van der Waals surface area contributed by atoms with Crippen LogP contribution in [0.4, 0.5) is 11.8 Å². The maximum atomic E-state index is 5.70. The highest BCUT2D eigenvalue weighted by atomic mass is 16.5. The molecule has 2 N–H and O–H groups in total. The summed E-state index contributed by atoms with van der Waals surface area (Å²) in [6.07, 6.45) is 7.90. The van der Waals surface area contributed by atoms with Gasteiger partial charge in [0.05, 0.1) is 18.8 Å². The quantitative estimate of drug-likeness (QED) is 0.562. The van der Waals surface area contributed by atoms with Crippen molar-refractivity contribution in [2.45, 2.75) is 32.2 Å². The monoisotopic (exact) mass is 437 g/mol. The number of fused-ring (bicyclic) bond motifs is 1. The molecule has 0 aromatic carbocycles. The van der Waals surface area contributed by atoms with Crippen molar-refractivity contribution < 1.29 is 4.74 Å². The molecule has 1 aliphatic carbocycles. The standard InChI is InChI=1S/C22H31N9O/c1-29(2)7-3-4-17-26-18-20(30-8-10-32-11-9-30)27-19(16-12-24-22(23)25-13-16)28-21(18)31(17)14-15-5-6-15/h12-13,15H,3-11,14H2,1-2H3,(H2,23,24,25). The van der Waals surface area contributed by atoms with Gasteiger partial charge >= 0.3 is 0 Å². The fourth-order valence-corrected chi connectivity index (χ4v) is 4.10. The largest absolute Gasteiger partial charge is 0.378 e. The molecule has 0 amide bonds.